The van der Waals surface area contributed by atoms with Gasteiger partial charge in [-0.2, -0.15) is 70.2 Å². The number of rotatable bonds is 6. The number of benzene rings is 1. The van der Waals surface area contributed by atoms with Crippen molar-refractivity contribution >= 4 is 0 Å². The first-order valence-electron chi connectivity index (χ1n) is 7.18. The Hall–Kier alpha value is -1.94. The molecule has 0 saturated carbocycles. The second kappa shape index (κ2) is 7.30. The van der Waals surface area contributed by atoms with Crippen LogP contribution in [0.4, 0.5) is 70.2 Å². The van der Waals surface area contributed by atoms with Crippen LogP contribution in [0.3, 0.4) is 0 Å². The third-order valence-electron chi connectivity index (χ3n) is 3.85. The van der Waals surface area contributed by atoms with Gasteiger partial charge in [-0.15, -0.1) is 0 Å². The van der Waals surface area contributed by atoms with E-state index in [0.29, 0.717) is 0 Å². The van der Waals surface area contributed by atoms with Crippen molar-refractivity contribution in [1.82, 2.24) is 0 Å². The minimum absolute atomic E-state index is 0.128. The number of alkyl halides is 16. The third-order valence-corrected chi connectivity index (χ3v) is 3.85. The molecule has 0 aromatic heterocycles. The topological polar surface area (TPSA) is 20.2 Å². The Morgan fingerprint density at radius 1 is 0.516 bits per heavy atom. The second-order valence-corrected chi connectivity index (χ2v) is 5.94. The predicted molar refractivity (Wildman–Crippen MR) is 67.2 cm³/mol. The average Bonchev–Trinajstić information content (AvgIpc) is 2.58. The van der Waals surface area contributed by atoms with Crippen LogP contribution >= 0.6 is 0 Å². The van der Waals surface area contributed by atoms with Gasteiger partial charge in [0.25, 0.3) is 0 Å². The molecule has 0 spiro atoms. The van der Waals surface area contributed by atoms with Gasteiger partial charge in [-0.1, -0.05) is 12.1 Å². The van der Waals surface area contributed by atoms with Gasteiger partial charge in [-0.25, -0.2) is 0 Å². The molecule has 1 nitrogen and oxygen atoms in total. The molecule has 0 aliphatic carbocycles. The van der Waals surface area contributed by atoms with Crippen molar-refractivity contribution in [3.8, 4) is 0 Å². The minimum atomic E-state index is -8.15. The lowest BCUT2D eigenvalue weighted by Gasteiger charge is -2.40. The van der Waals surface area contributed by atoms with Crippen LogP contribution < -0.4 is 0 Å². The first-order chi connectivity index (χ1) is 13.4. The second-order valence-electron chi connectivity index (χ2n) is 5.94. The van der Waals surface area contributed by atoms with Gasteiger partial charge in [-0.3, -0.25) is 0 Å². The summed E-state index contributed by atoms with van der Waals surface area (Å²) in [6.45, 7) is 0. The molecule has 0 aliphatic rings. The van der Waals surface area contributed by atoms with E-state index in [9.17, 15) is 75.4 Å². The zero-order valence-corrected chi connectivity index (χ0v) is 13.9. The summed E-state index contributed by atoms with van der Waals surface area (Å²) in [6, 6.07) is -0.592. The first kappa shape index (κ1) is 27.1. The quantitative estimate of drug-likeness (QED) is 0.450. The summed E-state index contributed by atoms with van der Waals surface area (Å²) in [5.74, 6) is -38.8. The maximum absolute atomic E-state index is 13.8. The lowest BCUT2D eigenvalue weighted by molar-refractivity contribution is -0.444. The molecule has 0 radical (unpaired) electrons. The molecule has 31 heavy (non-hydrogen) atoms. The summed E-state index contributed by atoms with van der Waals surface area (Å²) in [6.07, 6.45) is -17.0. The predicted octanol–water partition coefficient (Wildman–Crippen LogP) is 6.48. The normalized spacial score (nSPS) is 16.4. The molecule has 0 amide bonds. The number of aliphatic hydroxyl groups excluding tert-OH is 1. The highest BCUT2D eigenvalue weighted by molar-refractivity contribution is 5.28. The number of halogens is 16. The number of hydrogen-bond acceptors (Lipinski definition) is 1. The van der Waals surface area contributed by atoms with Crippen molar-refractivity contribution in [1.29, 1.82) is 0 Å². The summed E-state index contributed by atoms with van der Waals surface area (Å²) >= 11 is 0. The zero-order valence-electron chi connectivity index (χ0n) is 13.9. The highest BCUT2D eigenvalue weighted by Crippen LogP contribution is 2.61. The Labute approximate surface area is 160 Å². The smallest absolute Gasteiger partial charge is 0.382 e. The van der Waals surface area contributed by atoms with Gasteiger partial charge in [0.1, 0.15) is 6.10 Å². The molecule has 0 bridgehead atoms. The van der Waals surface area contributed by atoms with E-state index in [1.165, 1.54) is 0 Å². The van der Waals surface area contributed by atoms with Crippen LogP contribution in [0.1, 0.15) is 17.2 Å². The van der Waals surface area contributed by atoms with E-state index in [1.54, 1.807) is 0 Å². The highest BCUT2D eigenvalue weighted by Gasteiger charge is 2.91. The fourth-order valence-corrected chi connectivity index (χ4v) is 2.02. The zero-order chi connectivity index (χ0) is 25.1. The van der Waals surface area contributed by atoms with Crippen molar-refractivity contribution in [3.63, 3.8) is 0 Å². The standard InChI is InChI=1S/C14H6F16O/c15-8(16,7(31)5-1-3-6(4-2-5)9(17,18)19)10(20,21)11(22,23)12(24,25)13(26,27)14(28,29)30/h1-4,7,31H. The van der Waals surface area contributed by atoms with E-state index in [2.05, 4.69) is 0 Å². The summed E-state index contributed by atoms with van der Waals surface area (Å²) in [5, 5.41) is 9.17. The molecule has 1 aromatic carbocycles. The van der Waals surface area contributed by atoms with Crippen LogP contribution in [0, 0.1) is 0 Å². The Bertz CT molecular complexity index is 773. The van der Waals surface area contributed by atoms with Crippen LogP contribution in [0.25, 0.3) is 0 Å². The van der Waals surface area contributed by atoms with Gasteiger partial charge in [0.2, 0.25) is 0 Å². The van der Waals surface area contributed by atoms with Crippen molar-refractivity contribution in [2.45, 2.75) is 48.1 Å². The minimum Gasteiger partial charge on any atom is -0.382 e. The SMILES string of the molecule is OC(c1ccc(C(F)(F)F)cc1)C(F)(F)C(F)(F)C(F)(F)C(F)(F)C(F)(F)C(F)(F)F. The Morgan fingerprint density at radius 2 is 0.871 bits per heavy atom. The van der Waals surface area contributed by atoms with E-state index in [4.69, 9.17) is 0 Å². The molecule has 17 heteroatoms. The van der Waals surface area contributed by atoms with Crippen LogP contribution in [-0.2, 0) is 6.18 Å². The molecule has 1 aromatic rings. The van der Waals surface area contributed by atoms with Crippen LogP contribution in [0.2, 0.25) is 0 Å². The maximum Gasteiger partial charge on any atom is 0.460 e. The third kappa shape index (κ3) is 4.00. The van der Waals surface area contributed by atoms with Crippen molar-refractivity contribution in [3.05, 3.63) is 35.4 Å². The molecule has 180 valence electrons. The summed E-state index contributed by atoms with van der Waals surface area (Å²) in [5.41, 5.74) is -3.33. The molecule has 1 N–H and O–H groups in total. The van der Waals surface area contributed by atoms with Crippen LogP contribution in [0.5, 0.6) is 0 Å². The summed E-state index contributed by atoms with van der Waals surface area (Å²) in [7, 11) is 0. The largest absolute Gasteiger partial charge is 0.460 e. The van der Waals surface area contributed by atoms with E-state index in [0.717, 1.165) is 0 Å². The molecule has 0 saturated heterocycles. The van der Waals surface area contributed by atoms with E-state index < -0.39 is 59.2 Å². The molecule has 1 rings (SSSR count). The molecular weight excluding hydrogens is 488 g/mol. The fraction of sp³-hybridized carbons (Fsp3) is 0.571. The highest BCUT2D eigenvalue weighted by atomic mass is 19.4. The van der Waals surface area contributed by atoms with E-state index in [-0.39, 0.29) is 24.3 Å². The number of hydrogen-bond donors (Lipinski definition) is 1. The van der Waals surface area contributed by atoms with Gasteiger partial charge in [-0.05, 0) is 17.7 Å². The Balaban J connectivity index is 3.48. The Kier molecular flexibility index (Phi) is 6.38. The van der Waals surface area contributed by atoms with Gasteiger partial charge >= 0.3 is 42.0 Å². The number of aliphatic hydroxyl groups is 1. The van der Waals surface area contributed by atoms with Crippen molar-refractivity contribution in [2.75, 3.05) is 0 Å². The summed E-state index contributed by atoms with van der Waals surface area (Å²) in [4.78, 5) is 0. The van der Waals surface area contributed by atoms with Crippen LogP contribution in [-0.4, -0.2) is 40.9 Å². The van der Waals surface area contributed by atoms with Gasteiger partial charge in [0, 0.05) is 0 Å². The van der Waals surface area contributed by atoms with Crippen LogP contribution in [0.15, 0.2) is 24.3 Å². The molecular formula is C14H6F16O. The average molecular weight is 494 g/mol. The molecule has 1 atom stereocenters. The molecule has 1 unspecified atom stereocenters. The van der Waals surface area contributed by atoms with Gasteiger partial charge < -0.3 is 5.11 Å². The molecule has 0 fully saturated rings. The van der Waals surface area contributed by atoms with E-state index in [1.807, 2.05) is 0 Å². The molecule has 0 heterocycles. The van der Waals surface area contributed by atoms with Gasteiger partial charge in [0.15, 0.2) is 0 Å². The Morgan fingerprint density at radius 3 is 1.19 bits per heavy atom. The lowest BCUT2D eigenvalue weighted by Crippen LogP contribution is -2.70. The summed E-state index contributed by atoms with van der Waals surface area (Å²) < 4.78 is 206. The van der Waals surface area contributed by atoms with Crippen molar-refractivity contribution in [2.24, 2.45) is 0 Å². The lowest BCUT2D eigenvalue weighted by atomic mass is 9.89. The fourth-order valence-electron chi connectivity index (χ4n) is 2.02. The van der Waals surface area contributed by atoms with Crippen molar-refractivity contribution < 1.29 is 75.4 Å². The first-order valence-corrected chi connectivity index (χ1v) is 7.18. The van der Waals surface area contributed by atoms with E-state index >= 15 is 0 Å². The van der Waals surface area contributed by atoms with Gasteiger partial charge in [0.05, 0.1) is 5.56 Å². The monoisotopic (exact) mass is 494 g/mol. The molecule has 0 aliphatic heterocycles. The maximum atomic E-state index is 13.8.